The van der Waals surface area contributed by atoms with Crippen LogP contribution in [0.15, 0.2) is 0 Å². The summed E-state index contributed by atoms with van der Waals surface area (Å²) in [7, 11) is 0. The molecule has 2 saturated heterocycles. The molecule has 2 rings (SSSR count). The maximum atomic E-state index is 8.86. The molecular formula is C13H31NO4. The molecule has 0 amide bonds. The van der Waals surface area contributed by atoms with E-state index in [2.05, 4.69) is 5.32 Å². The van der Waals surface area contributed by atoms with E-state index in [0.29, 0.717) is 6.61 Å². The predicted molar refractivity (Wildman–Crippen MR) is 73.3 cm³/mol. The lowest BCUT2D eigenvalue weighted by Gasteiger charge is -2.23. The summed E-state index contributed by atoms with van der Waals surface area (Å²) in [6, 6.07) is 0. The van der Waals surface area contributed by atoms with Gasteiger partial charge in [0.1, 0.15) is 6.23 Å². The topological polar surface area (TPSA) is 71.0 Å². The van der Waals surface area contributed by atoms with Crippen molar-refractivity contribution >= 4 is 0 Å². The lowest BCUT2D eigenvalue weighted by atomic mass is 10.1. The number of hydrogen-bond donors (Lipinski definition) is 3. The van der Waals surface area contributed by atoms with Gasteiger partial charge in [0.15, 0.2) is 6.29 Å². The van der Waals surface area contributed by atoms with Gasteiger partial charge in [0, 0.05) is 6.54 Å². The van der Waals surface area contributed by atoms with E-state index in [9.17, 15) is 0 Å². The average Bonchev–Trinajstić information content (AvgIpc) is 2.33. The zero-order valence-corrected chi connectivity index (χ0v) is 11.2. The third-order valence-corrected chi connectivity index (χ3v) is 2.35. The van der Waals surface area contributed by atoms with Crippen LogP contribution in [-0.4, -0.2) is 48.6 Å². The summed E-state index contributed by atoms with van der Waals surface area (Å²) in [4.78, 5) is 0. The van der Waals surface area contributed by atoms with Crippen LogP contribution in [0.2, 0.25) is 0 Å². The van der Waals surface area contributed by atoms with Crippen LogP contribution in [0.3, 0.4) is 0 Å². The molecule has 0 aromatic heterocycles. The Morgan fingerprint density at radius 2 is 1.83 bits per heavy atom. The highest BCUT2D eigenvalue weighted by Crippen LogP contribution is 2.15. The second-order valence-corrected chi connectivity index (χ2v) is 3.88. The third kappa shape index (κ3) is 10.9. The van der Waals surface area contributed by atoms with Crippen LogP contribution < -0.4 is 5.32 Å². The number of aliphatic hydroxyl groups is 2. The molecule has 0 aromatic carbocycles. The van der Waals surface area contributed by atoms with E-state index in [4.69, 9.17) is 19.7 Å². The molecule has 2 aliphatic heterocycles. The second kappa shape index (κ2) is 13.2. The molecule has 2 fully saturated rings. The molecule has 0 bridgehead atoms. The molecule has 1 unspecified atom stereocenters. The Labute approximate surface area is 111 Å². The molecule has 0 aromatic rings. The molecule has 112 valence electrons. The molecule has 18 heavy (non-hydrogen) atoms. The minimum absolute atomic E-state index is 0. The van der Waals surface area contributed by atoms with Crippen LogP contribution in [0.4, 0.5) is 0 Å². The molecule has 2 heterocycles. The van der Waals surface area contributed by atoms with E-state index < -0.39 is 12.5 Å². The zero-order chi connectivity index (χ0) is 13.1. The third-order valence-electron chi connectivity index (χ3n) is 2.35. The first kappa shape index (κ1) is 20.1. The molecule has 0 radical (unpaired) electrons. The van der Waals surface area contributed by atoms with Gasteiger partial charge in [-0.2, -0.15) is 0 Å². The van der Waals surface area contributed by atoms with Crippen LogP contribution in [0, 0.1) is 0 Å². The molecule has 3 atom stereocenters. The van der Waals surface area contributed by atoms with Gasteiger partial charge in [0.05, 0.1) is 19.3 Å². The number of aliphatic hydroxyl groups excluding tert-OH is 2. The quantitative estimate of drug-likeness (QED) is 0.619. The standard InChI is InChI=1S/C6H12O2.C4H9NO2.C2H6.CH4/c1-5-3-2-4-6(7)8-5;6-4-3-7-2-1-5-4;1-2;/h5-7H,2-4H2,1H3;4-6H,1-3H2;1-2H3;1H4/t5-,6?;4-;;/m01../s1. The van der Waals surface area contributed by atoms with Crippen LogP contribution in [0.1, 0.15) is 47.5 Å². The van der Waals surface area contributed by atoms with E-state index in [-0.39, 0.29) is 13.5 Å². The van der Waals surface area contributed by atoms with E-state index in [1.165, 1.54) is 0 Å². The van der Waals surface area contributed by atoms with Crippen LogP contribution >= 0.6 is 0 Å². The fourth-order valence-electron chi connectivity index (χ4n) is 1.54. The summed E-state index contributed by atoms with van der Waals surface area (Å²) in [6.07, 6.45) is 2.34. The van der Waals surface area contributed by atoms with Gasteiger partial charge >= 0.3 is 0 Å². The van der Waals surface area contributed by atoms with E-state index in [1.54, 1.807) is 0 Å². The zero-order valence-electron chi connectivity index (χ0n) is 11.2. The Balaban J connectivity index is 0. The maximum absolute atomic E-state index is 8.86. The smallest absolute Gasteiger partial charge is 0.154 e. The summed E-state index contributed by atoms with van der Waals surface area (Å²) >= 11 is 0. The Bertz CT molecular complexity index is 155. The molecule has 0 saturated carbocycles. The number of rotatable bonds is 0. The Hall–Kier alpha value is -0.200. The van der Waals surface area contributed by atoms with Crippen molar-refractivity contribution in [1.29, 1.82) is 0 Å². The fraction of sp³-hybridized carbons (Fsp3) is 1.00. The second-order valence-electron chi connectivity index (χ2n) is 3.88. The Kier molecular flexibility index (Phi) is 14.8. The van der Waals surface area contributed by atoms with Gasteiger partial charge in [-0.25, -0.2) is 0 Å². The van der Waals surface area contributed by atoms with Crippen molar-refractivity contribution in [1.82, 2.24) is 5.32 Å². The molecule has 0 spiro atoms. The number of ether oxygens (including phenoxy) is 2. The summed E-state index contributed by atoms with van der Waals surface area (Å²) in [6.45, 7) is 7.90. The van der Waals surface area contributed by atoms with Crippen molar-refractivity contribution in [3.8, 4) is 0 Å². The highest BCUT2D eigenvalue weighted by atomic mass is 16.6. The summed E-state index contributed by atoms with van der Waals surface area (Å²) < 4.78 is 9.91. The van der Waals surface area contributed by atoms with Crippen molar-refractivity contribution in [3.05, 3.63) is 0 Å². The molecule has 2 aliphatic rings. The van der Waals surface area contributed by atoms with Crippen molar-refractivity contribution in [2.24, 2.45) is 0 Å². The SMILES string of the molecule is C.CC.C[C@H]1CCCC(O)O1.O[C@@H]1COCCN1. The van der Waals surface area contributed by atoms with Gasteiger partial charge in [-0.05, 0) is 26.2 Å². The molecule has 5 nitrogen and oxygen atoms in total. The van der Waals surface area contributed by atoms with Gasteiger partial charge in [-0.3, -0.25) is 5.32 Å². The fourth-order valence-corrected chi connectivity index (χ4v) is 1.54. The minimum Gasteiger partial charge on any atom is -0.376 e. The van der Waals surface area contributed by atoms with Gasteiger partial charge in [0.2, 0.25) is 0 Å². The number of morpholine rings is 1. The van der Waals surface area contributed by atoms with Crippen molar-refractivity contribution in [3.63, 3.8) is 0 Å². The molecule has 5 heteroatoms. The monoisotopic (exact) mass is 265 g/mol. The average molecular weight is 265 g/mol. The normalized spacial score (nSPS) is 30.8. The lowest BCUT2D eigenvalue weighted by Crippen LogP contribution is -2.40. The van der Waals surface area contributed by atoms with E-state index >= 15 is 0 Å². The minimum atomic E-state index is -0.487. The van der Waals surface area contributed by atoms with Gasteiger partial charge in [-0.15, -0.1) is 0 Å². The van der Waals surface area contributed by atoms with Crippen LogP contribution in [-0.2, 0) is 9.47 Å². The highest BCUT2D eigenvalue weighted by Gasteiger charge is 2.15. The van der Waals surface area contributed by atoms with Gasteiger partial charge in [0.25, 0.3) is 0 Å². The predicted octanol–water partition coefficient (Wildman–Crippen LogP) is 1.48. The Morgan fingerprint density at radius 3 is 2.11 bits per heavy atom. The lowest BCUT2D eigenvalue weighted by molar-refractivity contribution is -0.156. The van der Waals surface area contributed by atoms with Gasteiger partial charge < -0.3 is 19.7 Å². The van der Waals surface area contributed by atoms with Crippen molar-refractivity contribution in [2.45, 2.75) is 66.1 Å². The van der Waals surface area contributed by atoms with E-state index in [1.807, 2.05) is 20.8 Å². The van der Waals surface area contributed by atoms with Crippen molar-refractivity contribution < 1.29 is 19.7 Å². The van der Waals surface area contributed by atoms with E-state index in [0.717, 1.165) is 32.4 Å². The van der Waals surface area contributed by atoms with Gasteiger partial charge in [-0.1, -0.05) is 21.3 Å². The summed E-state index contributed by atoms with van der Waals surface area (Å²) in [5.74, 6) is 0. The summed E-state index contributed by atoms with van der Waals surface area (Å²) in [5.41, 5.74) is 0. The maximum Gasteiger partial charge on any atom is 0.154 e. The largest absolute Gasteiger partial charge is 0.376 e. The van der Waals surface area contributed by atoms with Crippen molar-refractivity contribution in [2.75, 3.05) is 19.8 Å². The first-order valence-electron chi connectivity index (χ1n) is 6.51. The first-order valence-corrected chi connectivity index (χ1v) is 6.51. The molecule has 0 aliphatic carbocycles. The Morgan fingerprint density at radius 1 is 1.17 bits per heavy atom. The highest BCUT2D eigenvalue weighted by molar-refractivity contribution is 4.59. The molecule has 3 N–H and O–H groups in total. The van der Waals surface area contributed by atoms with Crippen LogP contribution in [0.5, 0.6) is 0 Å². The first-order chi connectivity index (χ1) is 8.18. The molecular weight excluding hydrogens is 234 g/mol. The van der Waals surface area contributed by atoms with Crippen LogP contribution in [0.25, 0.3) is 0 Å². The summed E-state index contributed by atoms with van der Waals surface area (Å²) in [5, 5.41) is 20.3. The number of hydrogen-bond acceptors (Lipinski definition) is 5. The number of nitrogens with one attached hydrogen (secondary N) is 1.